The molecule has 27 heavy (non-hydrogen) atoms. The number of likely N-dealkylation sites (tertiary alicyclic amines) is 1. The molecule has 2 aromatic rings. The molecule has 1 aliphatic rings. The summed E-state index contributed by atoms with van der Waals surface area (Å²) in [4.78, 5) is 36.8. The third kappa shape index (κ3) is 4.94. The molecule has 0 bridgehead atoms. The monoisotopic (exact) mass is 367 g/mol. The van der Waals surface area contributed by atoms with Gasteiger partial charge in [0.25, 0.3) is 0 Å². The van der Waals surface area contributed by atoms with Crippen LogP contribution < -0.4 is 0 Å². The summed E-state index contributed by atoms with van der Waals surface area (Å²) >= 11 is 0. The molecule has 1 unspecified atom stereocenters. The summed E-state index contributed by atoms with van der Waals surface area (Å²) in [5.41, 5.74) is 1.99. The standard InChI is InChI=1S/C21H21NO5/c23-19-14-18(20(24)27-15-17-10-5-2-6-11-17)22(19)21(25)26-13-7-12-16-8-3-1-4-9-16/h1-6,8-11,18H,7,12-15H2. The molecule has 1 fully saturated rings. The summed E-state index contributed by atoms with van der Waals surface area (Å²) in [5.74, 6) is -1.02. The SMILES string of the molecule is O=C(OCc1ccccc1)C1CC(=O)N1C(=O)OCCCc1ccccc1. The number of imide groups is 1. The highest BCUT2D eigenvalue weighted by Crippen LogP contribution is 2.22. The molecule has 140 valence electrons. The van der Waals surface area contributed by atoms with Gasteiger partial charge in [-0.1, -0.05) is 60.7 Å². The fourth-order valence-corrected chi connectivity index (χ4v) is 2.81. The number of rotatable bonds is 7. The number of nitrogens with zero attached hydrogens (tertiary/aromatic N) is 1. The fraction of sp³-hybridized carbons (Fsp3) is 0.286. The van der Waals surface area contributed by atoms with Gasteiger partial charge in [0.05, 0.1) is 13.0 Å². The molecule has 1 atom stereocenters. The molecular weight excluding hydrogens is 346 g/mol. The first-order valence-corrected chi connectivity index (χ1v) is 8.88. The summed E-state index contributed by atoms with van der Waals surface area (Å²) in [6.07, 6.45) is 0.583. The molecule has 0 N–H and O–H groups in total. The van der Waals surface area contributed by atoms with Gasteiger partial charge in [-0.15, -0.1) is 0 Å². The number of hydrogen-bond donors (Lipinski definition) is 0. The molecule has 0 saturated carbocycles. The van der Waals surface area contributed by atoms with Gasteiger partial charge in [-0.25, -0.2) is 14.5 Å². The zero-order valence-corrected chi connectivity index (χ0v) is 14.9. The average Bonchev–Trinajstić information content (AvgIpc) is 2.69. The third-order valence-corrected chi connectivity index (χ3v) is 4.32. The molecule has 0 spiro atoms. The Morgan fingerprint density at radius 3 is 2.19 bits per heavy atom. The van der Waals surface area contributed by atoms with E-state index in [0.29, 0.717) is 6.42 Å². The van der Waals surface area contributed by atoms with Crippen LogP contribution in [0.1, 0.15) is 24.0 Å². The molecule has 6 nitrogen and oxygen atoms in total. The van der Waals surface area contributed by atoms with Crippen LogP contribution in [0.25, 0.3) is 0 Å². The molecule has 1 heterocycles. The number of benzene rings is 2. The van der Waals surface area contributed by atoms with E-state index in [1.165, 1.54) is 0 Å². The Hall–Kier alpha value is -3.15. The zero-order chi connectivity index (χ0) is 19.1. The van der Waals surface area contributed by atoms with Crippen LogP contribution in [-0.2, 0) is 32.1 Å². The average molecular weight is 367 g/mol. The Bertz CT molecular complexity index is 791. The molecular formula is C21H21NO5. The van der Waals surface area contributed by atoms with Gasteiger partial charge in [-0.2, -0.15) is 0 Å². The molecule has 0 radical (unpaired) electrons. The predicted octanol–water partition coefficient (Wildman–Crippen LogP) is 3.10. The highest BCUT2D eigenvalue weighted by Gasteiger charge is 2.47. The van der Waals surface area contributed by atoms with Crippen LogP contribution in [0.5, 0.6) is 0 Å². The minimum absolute atomic E-state index is 0.0350. The van der Waals surface area contributed by atoms with Crippen molar-refractivity contribution in [3.05, 3.63) is 71.8 Å². The van der Waals surface area contributed by atoms with E-state index >= 15 is 0 Å². The Morgan fingerprint density at radius 2 is 1.56 bits per heavy atom. The number of hydrogen-bond acceptors (Lipinski definition) is 5. The van der Waals surface area contributed by atoms with Crippen molar-refractivity contribution in [3.8, 4) is 0 Å². The predicted molar refractivity (Wildman–Crippen MR) is 97.6 cm³/mol. The highest BCUT2D eigenvalue weighted by atomic mass is 16.6. The van der Waals surface area contributed by atoms with Crippen molar-refractivity contribution >= 4 is 18.0 Å². The van der Waals surface area contributed by atoms with Gasteiger partial charge in [0, 0.05) is 0 Å². The van der Waals surface area contributed by atoms with Gasteiger partial charge < -0.3 is 9.47 Å². The Kier molecular flexibility index (Phi) is 6.20. The minimum Gasteiger partial charge on any atom is -0.459 e. The molecule has 6 heteroatoms. The van der Waals surface area contributed by atoms with Crippen LogP contribution in [0, 0.1) is 0 Å². The van der Waals surface area contributed by atoms with Crippen molar-refractivity contribution in [1.82, 2.24) is 4.90 Å². The summed E-state index contributed by atoms with van der Waals surface area (Å²) in [6, 6.07) is 18.2. The number of aryl methyl sites for hydroxylation is 1. The first-order chi connectivity index (χ1) is 13.1. The van der Waals surface area contributed by atoms with Crippen LogP contribution in [0.15, 0.2) is 60.7 Å². The molecule has 1 saturated heterocycles. The van der Waals surface area contributed by atoms with Crippen molar-refractivity contribution in [2.45, 2.75) is 31.9 Å². The maximum absolute atomic E-state index is 12.2. The molecule has 2 aromatic carbocycles. The van der Waals surface area contributed by atoms with Crippen molar-refractivity contribution in [3.63, 3.8) is 0 Å². The summed E-state index contributed by atoms with van der Waals surface area (Å²) < 4.78 is 10.3. The minimum atomic E-state index is -0.900. The third-order valence-electron chi connectivity index (χ3n) is 4.32. The second-order valence-electron chi connectivity index (χ2n) is 6.28. The summed E-state index contributed by atoms with van der Waals surface area (Å²) in [6.45, 7) is 0.285. The molecule has 3 rings (SSSR count). The van der Waals surface area contributed by atoms with Gasteiger partial charge in [-0.05, 0) is 24.0 Å². The number of ether oxygens (including phenoxy) is 2. The van der Waals surface area contributed by atoms with Crippen molar-refractivity contribution in [2.24, 2.45) is 0 Å². The van der Waals surface area contributed by atoms with Crippen LogP contribution in [0.3, 0.4) is 0 Å². The maximum Gasteiger partial charge on any atom is 0.417 e. The molecule has 2 amide bonds. The van der Waals surface area contributed by atoms with Crippen LogP contribution in [-0.4, -0.2) is 35.5 Å². The summed E-state index contributed by atoms with van der Waals surface area (Å²) in [7, 11) is 0. The topological polar surface area (TPSA) is 72.9 Å². The number of amides is 2. The van der Waals surface area contributed by atoms with Crippen LogP contribution in [0.4, 0.5) is 4.79 Å². The lowest BCUT2D eigenvalue weighted by Crippen LogP contribution is -2.59. The zero-order valence-electron chi connectivity index (χ0n) is 14.9. The van der Waals surface area contributed by atoms with Gasteiger partial charge >= 0.3 is 12.1 Å². The largest absolute Gasteiger partial charge is 0.459 e. The smallest absolute Gasteiger partial charge is 0.417 e. The lowest BCUT2D eigenvalue weighted by atomic mass is 10.0. The van der Waals surface area contributed by atoms with Crippen molar-refractivity contribution in [1.29, 1.82) is 0 Å². The van der Waals surface area contributed by atoms with Gasteiger partial charge in [0.15, 0.2) is 0 Å². The first-order valence-electron chi connectivity index (χ1n) is 8.88. The fourth-order valence-electron chi connectivity index (χ4n) is 2.81. The van der Waals surface area contributed by atoms with E-state index in [1.807, 2.05) is 60.7 Å². The van der Waals surface area contributed by atoms with E-state index in [0.717, 1.165) is 22.4 Å². The quantitative estimate of drug-likeness (QED) is 0.427. The lowest BCUT2D eigenvalue weighted by molar-refractivity contribution is -0.164. The number of carbonyl (C=O) groups excluding carboxylic acids is 3. The highest BCUT2D eigenvalue weighted by molar-refractivity contribution is 6.04. The van der Waals surface area contributed by atoms with E-state index in [-0.39, 0.29) is 19.6 Å². The lowest BCUT2D eigenvalue weighted by Gasteiger charge is -2.35. The number of esters is 1. The van der Waals surface area contributed by atoms with Crippen LogP contribution in [0.2, 0.25) is 0 Å². The summed E-state index contributed by atoms with van der Waals surface area (Å²) in [5, 5.41) is 0. The normalized spacial score (nSPS) is 15.8. The number of carbonyl (C=O) groups is 3. The Labute approximate surface area is 157 Å². The van der Waals surface area contributed by atoms with Crippen LogP contribution >= 0.6 is 0 Å². The van der Waals surface area contributed by atoms with E-state index in [9.17, 15) is 14.4 Å². The first kappa shape index (κ1) is 18.6. The van der Waals surface area contributed by atoms with Gasteiger partial charge in [-0.3, -0.25) is 4.79 Å². The Balaban J connectivity index is 1.42. The van der Waals surface area contributed by atoms with Crippen molar-refractivity contribution in [2.75, 3.05) is 6.61 Å². The number of β-lactam (4-membered cyclic amide) rings is 1. The van der Waals surface area contributed by atoms with E-state index < -0.39 is 24.0 Å². The van der Waals surface area contributed by atoms with E-state index in [4.69, 9.17) is 9.47 Å². The Morgan fingerprint density at radius 1 is 0.926 bits per heavy atom. The van der Waals surface area contributed by atoms with E-state index in [1.54, 1.807) is 0 Å². The molecule has 0 aromatic heterocycles. The maximum atomic E-state index is 12.2. The van der Waals surface area contributed by atoms with Gasteiger partial charge in [0.2, 0.25) is 5.91 Å². The molecule has 1 aliphatic heterocycles. The second-order valence-corrected chi connectivity index (χ2v) is 6.28. The van der Waals surface area contributed by atoms with E-state index in [2.05, 4.69) is 0 Å². The van der Waals surface area contributed by atoms with Gasteiger partial charge in [0.1, 0.15) is 12.6 Å². The second kappa shape index (κ2) is 8.98. The van der Waals surface area contributed by atoms with Crippen molar-refractivity contribution < 1.29 is 23.9 Å². The molecule has 0 aliphatic carbocycles.